The second-order valence-electron chi connectivity index (χ2n) is 9.22. The minimum atomic E-state index is -3.25. The summed E-state index contributed by atoms with van der Waals surface area (Å²) in [6.45, 7) is 6.34. The van der Waals surface area contributed by atoms with E-state index in [9.17, 15) is 18.0 Å². The Kier molecular flexibility index (Phi) is 6.57. The van der Waals surface area contributed by atoms with Gasteiger partial charge in [-0.2, -0.15) is 4.31 Å². The maximum atomic E-state index is 12.3. The van der Waals surface area contributed by atoms with Gasteiger partial charge >= 0.3 is 0 Å². The molecule has 9 heteroatoms. The van der Waals surface area contributed by atoms with Gasteiger partial charge in [-0.1, -0.05) is 38.1 Å². The largest absolute Gasteiger partial charge is 0.366 e. The third kappa shape index (κ3) is 4.87. The molecule has 0 radical (unpaired) electrons. The summed E-state index contributed by atoms with van der Waals surface area (Å²) in [7, 11) is -3.25. The summed E-state index contributed by atoms with van der Waals surface area (Å²) in [6, 6.07) is 11.3. The first-order chi connectivity index (χ1) is 16.5. The number of aromatic amines is 1. The van der Waals surface area contributed by atoms with Crippen LogP contribution in [0.25, 0.3) is 27.6 Å². The van der Waals surface area contributed by atoms with Crippen molar-refractivity contribution in [3.63, 3.8) is 0 Å². The van der Waals surface area contributed by atoms with Gasteiger partial charge in [0, 0.05) is 35.8 Å². The summed E-state index contributed by atoms with van der Waals surface area (Å²) >= 11 is 0. The highest BCUT2D eigenvalue weighted by atomic mass is 32.2. The van der Waals surface area contributed by atoms with Crippen LogP contribution in [-0.2, 0) is 14.8 Å². The number of carbonyl (C=O) groups excluding carboxylic acids is 2. The third-order valence-corrected chi connectivity index (χ3v) is 7.72. The molecule has 0 fully saturated rings. The van der Waals surface area contributed by atoms with Crippen LogP contribution in [0.15, 0.2) is 42.5 Å². The molecule has 0 saturated heterocycles. The van der Waals surface area contributed by atoms with Crippen molar-refractivity contribution in [2.24, 2.45) is 11.7 Å². The number of H-pyrrole nitrogens is 1. The number of aromatic nitrogens is 1. The molecule has 4 rings (SSSR count). The summed E-state index contributed by atoms with van der Waals surface area (Å²) in [5.74, 6) is -0.740. The van der Waals surface area contributed by atoms with Crippen LogP contribution in [0.4, 0.5) is 5.69 Å². The number of benzene rings is 2. The Morgan fingerprint density at radius 2 is 1.89 bits per heavy atom. The molecular weight excluding hydrogens is 464 g/mol. The molecule has 1 aliphatic rings. The van der Waals surface area contributed by atoms with Gasteiger partial charge in [0.2, 0.25) is 15.9 Å². The van der Waals surface area contributed by atoms with Crippen LogP contribution >= 0.6 is 0 Å². The molecule has 2 heterocycles. The second kappa shape index (κ2) is 9.31. The Bertz CT molecular complexity index is 1470. The fourth-order valence-corrected chi connectivity index (χ4v) is 5.14. The van der Waals surface area contributed by atoms with Gasteiger partial charge in [-0.25, -0.2) is 8.42 Å². The number of primary amides is 1. The fraction of sp³-hybridized carbons (Fsp3) is 0.308. The first-order valence-corrected chi connectivity index (χ1v) is 13.3. The van der Waals surface area contributed by atoms with Crippen molar-refractivity contribution < 1.29 is 18.0 Å². The molecule has 1 aliphatic heterocycles. The maximum absolute atomic E-state index is 12.3. The fourth-order valence-electron chi connectivity index (χ4n) is 4.37. The SMILES string of the molecule is Cc1c(NC(=O)C(C)C)cccc1-c1ccc(C(N)=O)c2[nH]c(C3=CCN(S(C)(=O)=O)CC3)cc12. The van der Waals surface area contributed by atoms with Crippen LogP contribution in [-0.4, -0.2) is 48.9 Å². The Balaban J connectivity index is 1.82. The molecule has 0 bridgehead atoms. The molecule has 0 unspecified atom stereocenters. The Labute approximate surface area is 205 Å². The molecule has 2 amide bonds. The topological polar surface area (TPSA) is 125 Å². The number of nitrogens with two attached hydrogens (primary N) is 1. The predicted octanol–water partition coefficient (Wildman–Crippen LogP) is 3.89. The van der Waals surface area contributed by atoms with E-state index in [0.717, 1.165) is 39.0 Å². The van der Waals surface area contributed by atoms with E-state index in [4.69, 9.17) is 5.73 Å². The van der Waals surface area contributed by atoms with E-state index >= 15 is 0 Å². The van der Waals surface area contributed by atoms with Gasteiger partial charge in [0.1, 0.15) is 0 Å². The number of amides is 2. The van der Waals surface area contributed by atoms with E-state index in [0.29, 0.717) is 30.6 Å². The van der Waals surface area contributed by atoms with Gasteiger partial charge in [-0.05, 0) is 53.8 Å². The van der Waals surface area contributed by atoms with Gasteiger partial charge in [-0.15, -0.1) is 0 Å². The smallest absolute Gasteiger partial charge is 0.250 e. The molecule has 0 spiro atoms. The van der Waals surface area contributed by atoms with Crippen molar-refractivity contribution in [1.29, 1.82) is 0 Å². The zero-order valence-corrected chi connectivity index (χ0v) is 21.1. The van der Waals surface area contributed by atoms with Crippen LogP contribution in [0.2, 0.25) is 0 Å². The lowest BCUT2D eigenvalue weighted by molar-refractivity contribution is -0.118. The molecule has 8 nitrogen and oxygen atoms in total. The van der Waals surface area contributed by atoms with E-state index in [1.165, 1.54) is 10.6 Å². The van der Waals surface area contributed by atoms with Gasteiger partial charge in [0.15, 0.2) is 0 Å². The van der Waals surface area contributed by atoms with Gasteiger partial charge in [0.25, 0.3) is 5.91 Å². The number of nitrogens with one attached hydrogen (secondary N) is 2. The standard InChI is InChI=1S/C26H30N4O4S/c1-15(2)26(32)29-22-7-5-6-18(16(22)3)19-8-9-20(25(27)31)24-21(19)14-23(28-24)17-10-12-30(13-11-17)35(4,33)34/h5-10,14-15,28H,11-13H2,1-4H3,(H2,27,31)(H,29,32). The second-order valence-corrected chi connectivity index (χ2v) is 11.2. The number of fused-ring (bicyclic) bond motifs is 1. The summed E-state index contributed by atoms with van der Waals surface area (Å²) in [5, 5.41) is 3.82. The average Bonchev–Trinajstić information content (AvgIpc) is 3.24. The molecular formula is C26H30N4O4S. The molecule has 35 heavy (non-hydrogen) atoms. The monoisotopic (exact) mass is 494 g/mol. The first kappa shape index (κ1) is 24.7. The third-order valence-electron chi connectivity index (χ3n) is 6.45. The van der Waals surface area contributed by atoms with Crippen molar-refractivity contribution >= 4 is 44.0 Å². The lowest BCUT2D eigenvalue weighted by Crippen LogP contribution is -2.33. The van der Waals surface area contributed by atoms with Gasteiger partial charge < -0.3 is 16.0 Å². The van der Waals surface area contributed by atoms with E-state index in [-0.39, 0.29) is 11.8 Å². The number of rotatable bonds is 6. The van der Waals surface area contributed by atoms with Crippen LogP contribution < -0.4 is 11.1 Å². The quantitative estimate of drug-likeness (QED) is 0.481. The van der Waals surface area contributed by atoms with Crippen molar-refractivity contribution in [1.82, 2.24) is 9.29 Å². The molecule has 0 atom stereocenters. The summed E-state index contributed by atoms with van der Waals surface area (Å²) in [4.78, 5) is 27.8. The Morgan fingerprint density at radius 3 is 2.49 bits per heavy atom. The Hall–Kier alpha value is -3.43. The summed E-state index contributed by atoms with van der Waals surface area (Å²) < 4.78 is 25.2. The van der Waals surface area contributed by atoms with Crippen LogP contribution in [0.5, 0.6) is 0 Å². The first-order valence-electron chi connectivity index (χ1n) is 11.5. The number of nitrogens with zero attached hydrogens (tertiary/aromatic N) is 1. The molecule has 0 aliphatic carbocycles. The molecule has 0 saturated carbocycles. The molecule has 184 valence electrons. The highest BCUT2D eigenvalue weighted by molar-refractivity contribution is 7.88. The lowest BCUT2D eigenvalue weighted by Gasteiger charge is -2.23. The number of anilines is 1. The highest BCUT2D eigenvalue weighted by Crippen LogP contribution is 2.37. The van der Waals surface area contributed by atoms with Crippen LogP contribution in [0.3, 0.4) is 0 Å². The molecule has 3 aromatic rings. The molecule has 4 N–H and O–H groups in total. The van der Waals surface area contributed by atoms with Crippen molar-refractivity contribution in [3.05, 3.63) is 59.3 Å². The summed E-state index contributed by atoms with van der Waals surface area (Å²) in [6.07, 6.45) is 3.66. The van der Waals surface area contributed by atoms with E-state index in [2.05, 4.69) is 10.3 Å². The van der Waals surface area contributed by atoms with Crippen LogP contribution in [0, 0.1) is 12.8 Å². The number of sulfonamides is 1. The minimum Gasteiger partial charge on any atom is -0.366 e. The molecule has 2 aromatic carbocycles. The van der Waals surface area contributed by atoms with Gasteiger partial charge in [0.05, 0.1) is 17.3 Å². The zero-order valence-electron chi connectivity index (χ0n) is 20.3. The van der Waals surface area contributed by atoms with Gasteiger partial charge in [-0.3, -0.25) is 9.59 Å². The van der Waals surface area contributed by atoms with E-state index in [1.54, 1.807) is 6.07 Å². The average molecular weight is 495 g/mol. The summed E-state index contributed by atoms with van der Waals surface area (Å²) in [5.41, 5.74) is 12.0. The zero-order chi connectivity index (χ0) is 25.5. The predicted molar refractivity (Wildman–Crippen MR) is 139 cm³/mol. The van der Waals surface area contributed by atoms with E-state index < -0.39 is 15.9 Å². The van der Waals surface area contributed by atoms with Crippen molar-refractivity contribution in [2.45, 2.75) is 27.2 Å². The maximum Gasteiger partial charge on any atom is 0.250 e. The van der Waals surface area contributed by atoms with E-state index in [1.807, 2.05) is 57.2 Å². The number of hydrogen-bond donors (Lipinski definition) is 3. The minimum absolute atomic E-state index is 0.0595. The van der Waals surface area contributed by atoms with Crippen molar-refractivity contribution in [3.8, 4) is 11.1 Å². The Morgan fingerprint density at radius 1 is 1.14 bits per heavy atom. The highest BCUT2D eigenvalue weighted by Gasteiger charge is 2.23. The normalized spacial score (nSPS) is 14.8. The van der Waals surface area contributed by atoms with Crippen LogP contribution in [0.1, 0.15) is 41.9 Å². The number of hydrogen-bond acceptors (Lipinski definition) is 4. The van der Waals surface area contributed by atoms with Crippen molar-refractivity contribution in [2.75, 3.05) is 24.7 Å². The molecule has 1 aromatic heterocycles. The lowest BCUT2D eigenvalue weighted by atomic mass is 9.94. The number of carbonyl (C=O) groups is 2.